The van der Waals surface area contributed by atoms with Crippen molar-refractivity contribution in [1.82, 2.24) is 0 Å². The van der Waals surface area contributed by atoms with Crippen LogP contribution in [-0.2, 0) is 14.3 Å². The summed E-state index contributed by atoms with van der Waals surface area (Å²) in [6.07, 6.45) is 0.205. The van der Waals surface area contributed by atoms with Gasteiger partial charge in [-0.05, 0) is 12.1 Å². The molecule has 1 rings (SSSR count). The maximum Gasteiger partial charge on any atom is 0.332 e. The molecule has 0 amide bonds. The van der Waals surface area contributed by atoms with Crippen molar-refractivity contribution >= 4 is 17.6 Å². The van der Waals surface area contributed by atoms with Gasteiger partial charge in [-0.1, -0.05) is 25.1 Å². The van der Waals surface area contributed by atoms with E-state index in [1.54, 1.807) is 6.92 Å². The van der Waals surface area contributed by atoms with Crippen LogP contribution in [0.1, 0.15) is 13.3 Å². The van der Waals surface area contributed by atoms with Gasteiger partial charge in [-0.15, -0.1) is 0 Å². The van der Waals surface area contributed by atoms with E-state index in [0.29, 0.717) is 0 Å². The lowest BCUT2D eigenvalue weighted by Crippen LogP contribution is -2.19. The molecule has 0 radical (unpaired) electrons. The van der Waals surface area contributed by atoms with E-state index in [0.717, 1.165) is 5.69 Å². The van der Waals surface area contributed by atoms with Gasteiger partial charge in [0.25, 0.3) is 0 Å². The van der Waals surface area contributed by atoms with Crippen LogP contribution in [-0.4, -0.2) is 18.5 Å². The van der Waals surface area contributed by atoms with Crippen LogP contribution in [0, 0.1) is 0 Å². The summed E-state index contributed by atoms with van der Waals surface area (Å²) in [7, 11) is 0. The molecule has 0 aliphatic rings. The molecule has 0 spiro atoms. The number of hydrogen-bond acceptors (Lipinski definition) is 4. The number of carbonyl (C=O) groups excluding carboxylic acids is 2. The van der Waals surface area contributed by atoms with Gasteiger partial charge in [0.15, 0.2) is 0 Å². The topological polar surface area (TPSA) is 55.4 Å². The molecule has 0 saturated heterocycles. The van der Waals surface area contributed by atoms with Gasteiger partial charge in [-0.25, -0.2) is 4.79 Å². The summed E-state index contributed by atoms with van der Waals surface area (Å²) >= 11 is 0. The molecule has 1 N–H and O–H groups in total. The second-order valence-corrected chi connectivity index (χ2v) is 2.92. The second-order valence-electron chi connectivity index (χ2n) is 2.92. The molecule has 1 aromatic carbocycles. The van der Waals surface area contributed by atoms with E-state index < -0.39 is 11.9 Å². The molecule has 4 heteroatoms. The van der Waals surface area contributed by atoms with Crippen LogP contribution in [0.5, 0.6) is 0 Å². The third kappa shape index (κ3) is 4.26. The van der Waals surface area contributed by atoms with E-state index in [2.05, 4.69) is 10.1 Å². The third-order valence-electron chi connectivity index (χ3n) is 1.73. The van der Waals surface area contributed by atoms with Crippen molar-refractivity contribution in [1.29, 1.82) is 0 Å². The van der Waals surface area contributed by atoms with Crippen molar-refractivity contribution in [3.63, 3.8) is 0 Å². The maximum absolute atomic E-state index is 11.1. The fourth-order valence-electron chi connectivity index (χ4n) is 0.965. The minimum atomic E-state index is -0.564. The average molecular weight is 207 g/mol. The molecular weight excluding hydrogens is 194 g/mol. The van der Waals surface area contributed by atoms with Crippen LogP contribution < -0.4 is 5.32 Å². The summed E-state index contributed by atoms with van der Waals surface area (Å²) in [6.45, 7) is 1.63. The van der Waals surface area contributed by atoms with Crippen LogP contribution >= 0.6 is 0 Å². The summed E-state index contributed by atoms with van der Waals surface area (Å²) < 4.78 is 4.48. The number of hydrogen-bond donors (Lipinski definition) is 1. The summed E-state index contributed by atoms with van der Waals surface area (Å²) in [5, 5.41) is 2.85. The van der Waals surface area contributed by atoms with Gasteiger partial charge < -0.3 is 10.1 Å². The lowest BCUT2D eigenvalue weighted by atomic mass is 10.3. The van der Waals surface area contributed by atoms with E-state index in [9.17, 15) is 9.59 Å². The Labute approximate surface area is 88.2 Å². The molecular formula is C11H13NO3. The van der Waals surface area contributed by atoms with E-state index >= 15 is 0 Å². The number of nitrogens with one attached hydrogen (secondary N) is 1. The minimum Gasteiger partial charge on any atom is -0.392 e. The van der Waals surface area contributed by atoms with E-state index in [1.807, 2.05) is 30.3 Å². The predicted octanol–water partition coefficient (Wildman–Crippen LogP) is 1.58. The largest absolute Gasteiger partial charge is 0.392 e. The summed E-state index contributed by atoms with van der Waals surface area (Å²) in [4.78, 5) is 21.8. The number of carbonyl (C=O) groups is 2. The van der Waals surface area contributed by atoms with Crippen molar-refractivity contribution in [3.05, 3.63) is 30.3 Å². The first-order valence-corrected chi connectivity index (χ1v) is 4.74. The molecule has 0 bridgehead atoms. The fraction of sp³-hybridized carbons (Fsp3) is 0.273. The zero-order valence-electron chi connectivity index (χ0n) is 8.53. The summed E-state index contributed by atoms with van der Waals surface area (Å²) in [6, 6.07) is 9.24. The Morgan fingerprint density at radius 1 is 1.20 bits per heavy atom. The van der Waals surface area contributed by atoms with Gasteiger partial charge in [0.05, 0.1) is 0 Å². The van der Waals surface area contributed by atoms with Crippen LogP contribution in [0.2, 0.25) is 0 Å². The summed E-state index contributed by atoms with van der Waals surface area (Å²) in [5.41, 5.74) is 0.818. The molecule has 0 aliphatic carbocycles. The molecule has 15 heavy (non-hydrogen) atoms. The van der Waals surface area contributed by atoms with Crippen molar-refractivity contribution < 1.29 is 14.3 Å². The highest BCUT2D eigenvalue weighted by Gasteiger charge is 2.07. The highest BCUT2D eigenvalue weighted by Crippen LogP contribution is 2.03. The van der Waals surface area contributed by atoms with Gasteiger partial charge in [-0.3, -0.25) is 4.79 Å². The minimum absolute atomic E-state index is 0.00421. The molecule has 0 aromatic heterocycles. The first kappa shape index (κ1) is 11.2. The predicted molar refractivity (Wildman–Crippen MR) is 56.3 cm³/mol. The van der Waals surface area contributed by atoms with Crippen LogP contribution in [0.4, 0.5) is 5.69 Å². The Bertz CT molecular complexity index is 335. The van der Waals surface area contributed by atoms with E-state index in [1.165, 1.54) is 0 Å². The number of esters is 2. The molecule has 80 valence electrons. The molecule has 0 aliphatic heterocycles. The van der Waals surface area contributed by atoms with E-state index in [-0.39, 0.29) is 13.0 Å². The van der Waals surface area contributed by atoms with Crippen molar-refractivity contribution in [2.75, 3.05) is 11.9 Å². The molecule has 4 nitrogen and oxygen atoms in total. The first-order chi connectivity index (χ1) is 7.22. The second kappa shape index (κ2) is 5.80. The maximum atomic E-state index is 11.1. The average Bonchev–Trinajstić information content (AvgIpc) is 2.27. The van der Waals surface area contributed by atoms with Gasteiger partial charge in [-0.2, -0.15) is 0 Å². The van der Waals surface area contributed by atoms with Gasteiger partial charge in [0.2, 0.25) is 0 Å². The summed E-state index contributed by atoms with van der Waals surface area (Å²) in [5.74, 6) is -1.07. The first-order valence-electron chi connectivity index (χ1n) is 4.74. The lowest BCUT2D eigenvalue weighted by molar-refractivity contribution is -0.158. The van der Waals surface area contributed by atoms with Crippen LogP contribution in [0.3, 0.4) is 0 Å². The van der Waals surface area contributed by atoms with Gasteiger partial charge in [0.1, 0.15) is 6.54 Å². The Morgan fingerprint density at radius 3 is 2.47 bits per heavy atom. The molecule has 0 saturated carbocycles. The number of rotatable bonds is 4. The fourth-order valence-corrected chi connectivity index (χ4v) is 0.965. The Balaban J connectivity index is 2.32. The number of anilines is 1. The Kier molecular flexibility index (Phi) is 4.34. The number of benzene rings is 1. The zero-order valence-corrected chi connectivity index (χ0v) is 8.53. The molecule has 0 fully saturated rings. The van der Waals surface area contributed by atoms with Gasteiger partial charge >= 0.3 is 11.9 Å². The van der Waals surface area contributed by atoms with Crippen LogP contribution in [0.25, 0.3) is 0 Å². The molecule has 0 heterocycles. The third-order valence-corrected chi connectivity index (χ3v) is 1.73. The number of para-hydroxylation sites is 1. The zero-order chi connectivity index (χ0) is 11.1. The highest BCUT2D eigenvalue weighted by molar-refractivity contribution is 5.87. The SMILES string of the molecule is CCC(=O)OC(=O)CNc1ccccc1. The molecule has 0 atom stereocenters. The van der Waals surface area contributed by atoms with Crippen LogP contribution in [0.15, 0.2) is 30.3 Å². The number of ether oxygens (including phenoxy) is 1. The Morgan fingerprint density at radius 2 is 1.87 bits per heavy atom. The normalized spacial score (nSPS) is 9.40. The van der Waals surface area contributed by atoms with Crippen molar-refractivity contribution in [2.45, 2.75) is 13.3 Å². The van der Waals surface area contributed by atoms with E-state index in [4.69, 9.17) is 0 Å². The standard InChI is InChI=1S/C11H13NO3/c1-2-10(13)15-11(14)8-12-9-6-4-3-5-7-9/h3-7,12H,2,8H2,1H3. The van der Waals surface area contributed by atoms with Gasteiger partial charge in [0, 0.05) is 12.1 Å². The molecule has 0 unspecified atom stereocenters. The smallest absolute Gasteiger partial charge is 0.332 e. The van der Waals surface area contributed by atoms with Crippen molar-refractivity contribution in [2.24, 2.45) is 0 Å². The Hall–Kier alpha value is -1.84. The quantitative estimate of drug-likeness (QED) is 0.601. The monoisotopic (exact) mass is 207 g/mol. The lowest BCUT2D eigenvalue weighted by Gasteiger charge is -2.04. The molecule has 1 aromatic rings. The highest BCUT2D eigenvalue weighted by atomic mass is 16.6. The van der Waals surface area contributed by atoms with Crippen molar-refractivity contribution in [3.8, 4) is 0 Å².